The van der Waals surface area contributed by atoms with Gasteiger partial charge in [-0.25, -0.2) is 4.98 Å². The first kappa shape index (κ1) is 16.1. The smallest absolute Gasteiger partial charge is 0.141 e. The molecule has 0 aliphatic heterocycles. The molecule has 0 radical (unpaired) electrons. The SMILES string of the molecule is Cc1noc(C)c1-c1cnc2c(c1)c(C13CCC(CC1CO)C3)cn2C. The van der Waals surface area contributed by atoms with E-state index in [2.05, 4.69) is 29.0 Å². The molecule has 5 heteroatoms. The van der Waals surface area contributed by atoms with Crippen LogP contribution in [-0.4, -0.2) is 26.4 Å². The predicted octanol–water partition coefficient (Wildman–Crippen LogP) is 3.90. The van der Waals surface area contributed by atoms with Gasteiger partial charge in [0.2, 0.25) is 0 Å². The zero-order valence-corrected chi connectivity index (χ0v) is 15.6. The molecule has 2 saturated carbocycles. The summed E-state index contributed by atoms with van der Waals surface area (Å²) >= 11 is 0. The Morgan fingerprint density at radius 1 is 1.38 bits per heavy atom. The Bertz CT molecular complexity index is 983. The van der Waals surface area contributed by atoms with Crippen LogP contribution in [0.2, 0.25) is 0 Å². The number of nitrogens with zero attached hydrogens (tertiary/aromatic N) is 3. The largest absolute Gasteiger partial charge is 0.396 e. The second-order valence-corrected chi connectivity index (χ2v) is 8.33. The number of fused-ring (bicyclic) bond motifs is 3. The first-order chi connectivity index (χ1) is 12.5. The summed E-state index contributed by atoms with van der Waals surface area (Å²) in [6.07, 6.45) is 9.00. The van der Waals surface area contributed by atoms with E-state index in [0.29, 0.717) is 5.92 Å². The zero-order valence-electron chi connectivity index (χ0n) is 15.6. The Balaban J connectivity index is 1.73. The van der Waals surface area contributed by atoms with Crippen LogP contribution in [-0.2, 0) is 12.5 Å². The lowest BCUT2D eigenvalue weighted by atomic mass is 9.70. The second kappa shape index (κ2) is 5.43. The van der Waals surface area contributed by atoms with Crippen molar-refractivity contribution in [2.24, 2.45) is 18.9 Å². The third kappa shape index (κ3) is 2.01. The van der Waals surface area contributed by atoms with Crippen LogP contribution in [0.25, 0.3) is 22.2 Å². The minimum absolute atomic E-state index is 0.109. The number of hydrogen-bond acceptors (Lipinski definition) is 4. The molecule has 3 unspecified atom stereocenters. The van der Waals surface area contributed by atoms with Crippen molar-refractivity contribution in [3.05, 3.63) is 35.5 Å². The minimum atomic E-state index is 0.109. The van der Waals surface area contributed by atoms with Crippen LogP contribution in [0.15, 0.2) is 23.0 Å². The average Bonchev–Trinajstić information content (AvgIpc) is 3.37. The van der Waals surface area contributed by atoms with Crippen molar-refractivity contribution in [3.8, 4) is 11.1 Å². The Hall–Kier alpha value is -2.14. The van der Waals surface area contributed by atoms with Crippen molar-refractivity contribution in [1.82, 2.24) is 14.7 Å². The molecular weight excluding hydrogens is 326 g/mol. The number of rotatable bonds is 3. The van der Waals surface area contributed by atoms with Gasteiger partial charge in [-0.3, -0.25) is 0 Å². The molecule has 3 heterocycles. The molecule has 26 heavy (non-hydrogen) atoms. The monoisotopic (exact) mass is 351 g/mol. The number of hydrogen-bond donors (Lipinski definition) is 1. The Morgan fingerprint density at radius 2 is 2.23 bits per heavy atom. The summed E-state index contributed by atoms with van der Waals surface area (Å²) in [6.45, 7) is 4.20. The van der Waals surface area contributed by atoms with E-state index < -0.39 is 0 Å². The van der Waals surface area contributed by atoms with Crippen LogP contribution in [0.3, 0.4) is 0 Å². The Labute approximate surface area is 153 Å². The fraction of sp³-hybridized carbons (Fsp3) is 0.524. The lowest BCUT2D eigenvalue weighted by molar-refractivity contribution is 0.155. The maximum absolute atomic E-state index is 10.0. The first-order valence-electron chi connectivity index (χ1n) is 9.53. The molecule has 136 valence electrons. The van der Waals surface area contributed by atoms with Crippen LogP contribution in [0.5, 0.6) is 0 Å². The molecule has 0 saturated heterocycles. The molecule has 1 N–H and O–H groups in total. The molecule has 2 aliphatic rings. The molecule has 3 atom stereocenters. The van der Waals surface area contributed by atoms with E-state index in [-0.39, 0.29) is 12.0 Å². The van der Waals surface area contributed by atoms with Crippen LogP contribution >= 0.6 is 0 Å². The zero-order chi connectivity index (χ0) is 18.1. The van der Waals surface area contributed by atoms with E-state index >= 15 is 0 Å². The molecule has 2 fully saturated rings. The van der Waals surface area contributed by atoms with Crippen LogP contribution in [0.4, 0.5) is 0 Å². The van der Waals surface area contributed by atoms with Crippen LogP contribution in [0, 0.1) is 25.7 Å². The number of aromatic nitrogens is 3. The number of aryl methyl sites for hydroxylation is 3. The molecule has 5 nitrogen and oxygen atoms in total. The van der Waals surface area contributed by atoms with Crippen molar-refractivity contribution < 1.29 is 9.63 Å². The van der Waals surface area contributed by atoms with Gasteiger partial charge in [0.25, 0.3) is 0 Å². The molecule has 5 rings (SSSR count). The Kier molecular flexibility index (Phi) is 3.35. The van der Waals surface area contributed by atoms with Gasteiger partial charge in [0, 0.05) is 48.0 Å². The molecule has 0 amide bonds. The van der Waals surface area contributed by atoms with Gasteiger partial charge in [-0.15, -0.1) is 0 Å². The predicted molar refractivity (Wildman–Crippen MR) is 99.9 cm³/mol. The van der Waals surface area contributed by atoms with E-state index in [9.17, 15) is 5.11 Å². The number of aliphatic hydroxyl groups is 1. The molecular formula is C21H25N3O2. The fourth-order valence-electron chi connectivity index (χ4n) is 5.78. The van der Waals surface area contributed by atoms with Gasteiger partial charge in [0.15, 0.2) is 0 Å². The van der Waals surface area contributed by atoms with Crippen LogP contribution < -0.4 is 0 Å². The molecule has 3 aromatic rings. The third-order valence-electron chi connectivity index (χ3n) is 6.94. The van der Waals surface area contributed by atoms with E-state index in [4.69, 9.17) is 9.51 Å². The summed E-state index contributed by atoms with van der Waals surface area (Å²) < 4.78 is 7.50. The maximum atomic E-state index is 10.0. The van der Waals surface area contributed by atoms with Crippen molar-refractivity contribution in [2.45, 2.75) is 44.9 Å². The van der Waals surface area contributed by atoms with Gasteiger partial charge >= 0.3 is 0 Å². The molecule has 2 bridgehead atoms. The Morgan fingerprint density at radius 3 is 2.92 bits per heavy atom. The lowest BCUT2D eigenvalue weighted by Gasteiger charge is -2.34. The number of aliphatic hydroxyl groups excluding tert-OH is 1. The number of pyridine rings is 1. The summed E-state index contributed by atoms with van der Waals surface area (Å²) in [4.78, 5) is 4.77. The van der Waals surface area contributed by atoms with E-state index in [1.165, 1.54) is 30.2 Å². The highest BCUT2D eigenvalue weighted by Gasteiger charge is 2.53. The summed E-state index contributed by atoms with van der Waals surface area (Å²) in [7, 11) is 2.07. The fourth-order valence-corrected chi connectivity index (χ4v) is 5.78. The lowest BCUT2D eigenvalue weighted by Crippen LogP contribution is -2.32. The van der Waals surface area contributed by atoms with Gasteiger partial charge in [0.05, 0.1) is 5.69 Å². The second-order valence-electron chi connectivity index (χ2n) is 8.33. The summed E-state index contributed by atoms with van der Waals surface area (Å²) in [5.74, 6) is 1.96. The van der Waals surface area contributed by atoms with Crippen molar-refractivity contribution >= 4 is 11.0 Å². The quantitative estimate of drug-likeness (QED) is 0.777. The topological polar surface area (TPSA) is 64.1 Å². The summed E-state index contributed by atoms with van der Waals surface area (Å²) in [5.41, 5.74) is 5.49. The van der Waals surface area contributed by atoms with E-state index in [1.54, 1.807) is 0 Å². The van der Waals surface area contributed by atoms with Crippen molar-refractivity contribution in [1.29, 1.82) is 0 Å². The molecule has 2 aliphatic carbocycles. The molecule has 0 aromatic carbocycles. The third-order valence-corrected chi connectivity index (χ3v) is 6.94. The first-order valence-corrected chi connectivity index (χ1v) is 9.53. The normalized spacial score (nSPS) is 27.7. The maximum Gasteiger partial charge on any atom is 0.141 e. The standard InChI is InChI=1S/C21H25N3O2/c1-12-19(13(2)26-23-12)15-7-17-18(10-24(3)20(17)22-9-15)21-5-4-14(8-21)6-16(21)11-25/h7,9-10,14,16,25H,4-6,8,11H2,1-3H3. The van der Waals surface area contributed by atoms with Crippen molar-refractivity contribution in [2.75, 3.05) is 6.61 Å². The van der Waals surface area contributed by atoms with Crippen molar-refractivity contribution in [3.63, 3.8) is 0 Å². The van der Waals surface area contributed by atoms with Gasteiger partial charge < -0.3 is 14.2 Å². The highest BCUT2D eigenvalue weighted by atomic mass is 16.5. The van der Waals surface area contributed by atoms with Gasteiger partial charge in [-0.05, 0) is 63.0 Å². The van der Waals surface area contributed by atoms with Gasteiger partial charge in [0.1, 0.15) is 11.4 Å². The highest BCUT2D eigenvalue weighted by Crippen LogP contribution is 2.59. The van der Waals surface area contributed by atoms with E-state index in [1.807, 2.05) is 20.0 Å². The molecule has 3 aromatic heterocycles. The highest BCUT2D eigenvalue weighted by molar-refractivity contribution is 5.87. The minimum Gasteiger partial charge on any atom is -0.396 e. The summed E-state index contributed by atoms with van der Waals surface area (Å²) in [6, 6.07) is 2.25. The summed E-state index contributed by atoms with van der Waals surface area (Å²) in [5, 5.41) is 15.3. The van der Waals surface area contributed by atoms with Gasteiger partial charge in [-0.1, -0.05) is 5.16 Å². The van der Waals surface area contributed by atoms with Crippen LogP contribution in [0.1, 0.15) is 42.7 Å². The molecule has 0 spiro atoms. The van der Waals surface area contributed by atoms with Gasteiger partial charge in [-0.2, -0.15) is 0 Å². The van der Waals surface area contributed by atoms with E-state index in [0.717, 1.165) is 40.6 Å². The average molecular weight is 351 g/mol.